The van der Waals surface area contributed by atoms with Gasteiger partial charge in [-0.3, -0.25) is 0 Å². The van der Waals surface area contributed by atoms with E-state index in [9.17, 15) is 0 Å². The number of hydrogen-bond donors (Lipinski definition) is 0. The summed E-state index contributed by atoms with van der Waals surface area (Å²) in [6, 6.07) is 32.0. The second-order valence-corrected chi connectivity index (χ2v) is 7.79. The van der Waals surface area contributed by atoms with Crippen molar-refractivity contribution in [1.82, 2.24) is 0 Å². The number of furan rings is 1. The Morgan fingerprint density at radius 1 is 0.567 bits per heavy atom. The van der Waals surface area contributed by atoms with Crippen molar-refractivity contribution >= 4 is 43.3 Å². The van der Waals surface area contributed by atoms with Gasteiger partial charge in [0.15, 0.2) is 5.76 Å². The van der Waals surface area contributed by atoms with Gasteiger partial charge in [0.25, 0.3) is 0 Å². The first-order chi connectivity index (χ1) is 14.7. The van der Waals surface area contributed by atoms with Gasteiger partial charge >= 0.3 is 0 Å². The summed E-state index contributed by atoms with van der Waals surface area (Å²) in [6.45, 7) is 2.08. The van der Waals surface area contributed by atoms with Crippen LogP contribution in [0.25, 0.3) is 43.3 Å². The third-order valence-corrected chi connectivity index (χ3v) is 5.74. The van der Waals surface area contributed by atoms with Crippen LogP contribution in [0.2, 0.25) is 0 Å². The molecule has 0 radical (unpaired) electrons. The lowest BCUT2D eigenvalue weighted by atomic mass is 9.97. The van der Waals surface area contributed by atoms with Gasteiger partial charge in [-0.1, -0.05) is 66.1 Å². The van der Waals surface area contributed by atoms with E-state index in [1.54, 1.807) is 0 Å². The number of rotatable bonds is 0. The van der Waals surface area contributed by atoms with Crippen LogP contribution in [-0.4, -0.2) is 0 Å². The first-order valence-electron chi connectivity index (χ1n) is 10.1. The minimum atomic E-state index is 0.691. The Morgan fingerprint density at radius 3 is 2.13 bits per heavy atom. The Morgan fingerprint density at radius 2 is 1.30 bits per heavy atom. The number of aryl methyl sites for hydroxylation is 1. The topological polar surface area (TPSA) is 13.1 Å². The maximum absolute atomic E-state index is 6.19. The molecule has 0 saturated carbocycles. The molecule has 0 amide bonds. The van der Waals surface area contributed by atoms with Gasteiger partial charge in [0.05, 0.1) is 0 Å². The molecule has 1 heteroatoms. The van der Waals surface area contributed by atoms with Crippen LogP contribution in [-0.2, 0) is 0 Å². The molecule has 0 aliphatic carbocycles. The van der Waals surface area contributed by atoms with Gasteiger partial charge in [0.1, 0.15) is 5.58 Å². The van der Waals surface area contributed by atoms with Crippen LogP contribution >= 0.6 is 0 Å². The quantitative estimate of drug-likeness (QED) is 0.150. The fraction of sp³-hybridized carbons (Fsp3) is 0.0345. The van der Waals surface area contributed by atoms with Gasteiger partial charge in [-0.2, -0.15) is 0 Å². The van der Waals surface area contributed by atoms with Gasteiger partial charge in [-0.25, -0.2) is 0 Å². The van der Waals surface area contributed by atoms with Gasteiger partial charge in [0, 0.05) is 22.4 Å². The maximum Gasteiger partial charge on any atom is 0.178 e. The zero-order chi connectivity index (χ0) is 20.1. The Bertz CT molecular complexity index is 1640. The van der Waals surface area contributed by atoms with E-state index in [-0.39, 0.29) is 0 Å². The molecule has 0 bridgehead atoms. The lowest BCUT2D eigenvalue weighted by Crippen LogP contribution is -1.80. The molecule has 0 spiro atoms. The van der Waals surface area contributed by atoms with Crippen molar-refractivity contribution in [3.63, 3.8) is 0 Å². The summed E-state index contributed by atoms with van der Waals surface area (Å²) in [5.41, 5.74) is 3.12. The van der Waals surface area contributed by atoms with Gasteiger partial charge < -0.3 is 4.42 Å². The van der Waals surface area contributed by atoms with E-state index in [4.69, 9.17) is 4.42 Å². The molecule has 0 aliphatic rings. The van der Waals surface area contributed by atoms with Crippen LogP contribution in [0, 0.1) is 18.8 Å². The van der Waals surface area contributed by atoms with Crippen LogP contribution in [0.5, 0.6) is 0 Å². The summed E-state index contributed by atoms with van der Waals surface area (Å²) >= 11 is 0. The SMILES string of the molecule is Cc1ccc(C#Cc2cc3ccc4c5cc6ccccc6cc5ccc4c3o2)cc1. The lowest BCUT2D eigenvalue weighted by molar-refractivity contribution is 0.604. The fourth-order valence-corrected chi connectivity index (χ4v) is 4.16. The van der Waals surface area contributed by atoms with Gasteiger partial charge in [-0.15, -0.1) is 0 Å². The third-order valence-electron chi connectivity index (χ3n) is 5.74. The molecule has 6 aromatic rings. The lowest BCUT2D eigenvalue weighted by Gasteiger charge is -2.07. The maximum atomic E-state index is 6.19. The standard InChI is InChI=1S/C29H18O/c1-19-6-8-20(9-7-19)10-13-25-17-24-12-14-26-27(29(24)30-25)15-11-23-16-21-4-2-3-5-22(21)18-28(23)26/h2-9,11-12,14-18H,1H3. The third kappa shape index (κ3) is 2.74. The van der Waals surface area contributed by atoms with E-state index < -0.39 is 0 Å². The predicted molar refractivity (Wildman–Crippen MR) is 126 cm³/mol. The average Bonchev–Trinajstić information content (AvgIpc) is 3.20. The number of benzene rings is 5. The molecule has 1 heterocycles. The summed E-state index contributed by atoms with van der Waals surface area (Å²) in [4.78, 5) is 0. The van der Waals surface area contributed by atoms with E-state index in [0.29, 0.717) is 5.76 Å². The molecule has 140 valence electrons. The molecule has 1 nitrogen and oxygen atoms in total. The van der Waals surface area contributed by atoms with Crippen LogP contribution in [0.3, 0.4) is 0 Å². The van der Waals surface area contributed by atoms with Crippen molar-refractivity contribution in [3.8, 4) is 11.8 Å². The molecule has 0 saturated heterocycles. The minimum absolute atomic E-state index is 0.691. The molecular formula is C29H18O. The Balaban J connectivity index is 1.53. The average molecular weight is 382 g/mol. The predicted octanol–water partition coefficient (Wildman–Crippen LogP) is 7.60. The normalized spacial score (nSPS) is 11.2. The summed E-state index contributed by atoms with van der Waals surface area (Å²) < 4.78 is 6.19. The molecule has 0 unspecified atom stereocenters. The Labute approximate surface area is 174 Å². The zero-order valence-corrected chi connectivity index (χ0v) is 16.6. The van der Waals surface area contributed by atoms with E-state index >= 15 is 0 Å². The van der Waals surface area contributed by atoms with E-state index in [1.807, 2.05) is 18.2 Å². The van der Waals surface area contributed by atoms with Crippen molar-refractivity contribution in [2.45, 2.75) is 6.92 Å². The Kier molecular flexibility index (Phi) is 3.66. The number of hydrogen-bond acceptors (Lipinski definition) is 1. The zero-order valence-electron chi connectivity index (χ0n) is 16.6. The first kappa shape index (κ1) is 16.9. The molecule has 6 rings (SSSR count). The van der Waals surface area contributed by atoms with Crippen molar-refractivity contribution < 1.29 is 4.42 Å². The van der Waals surface area contributed by atoms with Crippen LogP contribution in [0.1, 0.15) is 16.9 Å². The Hall–Kier alpha value is -4.02. The smallest absolute Gasteiger partial charge is 0.178 e. The molecule has 30 heavy (non-hydrogen) atoms. The van der Waals surface area contributed by atoms with Crippen LogP contribution in [0.15, 0.2) is 95.4 Å². The van der Waals surface area contributed by atoms with Gasteiger partial charge in [0.2, 0.25) is 0 Å². The highest BCUT2D eigenvalue weighted by atomic mass is 16.3. The fourth-order valence-electron chi connectivity index (χ4n) is 4.16. The summed E-state index contributed by atoms with van der Waals surface area (Å²) in [5.74, 6) is 7.07. The summed E-state index contributed by atoms with van der Waals surface area (Å²) in [6.07, 6.45) is 0. The molecule has 5 aromatic carbocycles. The molecule has 0 fully saturated rings. The highest BCUT2D eigenvalue weighted by Crippen LogP contribution is 2.34. The second-order valence-electron chi connectivity index (χ2n) is 7.79. The molecule has 1 aromatic heterocycles. The van der Waals surface area contributed by atoms with E-state index in [1.165, 1.54) is 32.5 Å². The highest BCUT2D eigenvalue weighted by molar-refractivity contribution is 6.18. The molecule has 0 N–H and O–H groups in total. The van der Waals surface area contributed by atoms with Crippen molar-refractivity contribution in [2.24, 2.45) is 0 Å². The van der Waals surface area contributed by atoms with Crippen molar-refractivity contribution in [1.29, 1.82) is 0 Å². The second kappa shape index (κ2) is 6.51. The monoisotopic (exact) mass is 382 g/mol. The van der Waals surface area contributed by atoms with Crippen LogP contribution in [0.4, 0.5) is 0 Å². The van der Waals surface area contributed by atoms with Crippen molar-refractivity contribution in [2.75, 3.05) is 0 Å². The van der Waals surface area contributed by atoms with Crippen molar-refractivity contribution in [3.05, 3.63) is 108 Å². The minimum Gasteiger partial charge on any atom is -0.447 e. The van der Waals surface area contributed by atoms with Gasteiger partial charge in [-0.05, 0) is 70.1 Å². The summed E-state index contributed by atoms with van der Waals surface area (Å²) in [5, 5.41) is 8.41. The van der Waals surface area contributed by atoms with E-state index in [0.717, 1.165) is 21.9 Å². The summed E-state index contributed by atoms with van der Waals surface area (Å²) in [7, 11) is 0. The molecule has 0 aliphatic heterocycles. The highest BCUT2D eigenvalue weighted by Gasteiger charge is 2.10. The molecular weight excluding hydrogens is 364 g/mol. The number of fused-ring (bicyclic) bond motifs is 6. The first-order valence-corrected chi connectivity index (χ1v) is 10.1. The van der Waals surface area contributed by atoms with E-state index in [2.05, 4.69) is 91.6 Å². The largest absolute Gasteiger partial charge is 0.447 e. The van der Waals surface area contributed by atoms with Crippen LogP contribution < -0.4 is 0 Å². The molecule has 0 atom stereocenters.